The van der Waals surface area contributed by atoms with Gasteiger partial charge in [-0.15, -0.1) is 6.42 Å². The number of aliphatic hydroxyl groups is 2. The second-order valence-corrected chi connectivity index (χ2v) is 1.56. The van der Waals surface area contributed by atoms with Crippen molar-refractivity contribution < 1.29 is 41.5 Å². The molecule has 0 bridgehead atoms. The summed E-state index contributed by atoms with van der Waals surface area (Å²) >= 11 is 0. The Kier molecular flexibility index (Phi) is 52.7. The molecule has 0 aliphatic heterocycles. The number of carbonyl (C=O) groups excluding carboxylic acids is 1. The molecule has 0 aromatic carbocycles. The van der Waals surface area contributed by atoms with Crippen molar-refractivity contribution in [3.63, 3.8) is 0 Å². The van der Waals surface area contributed by atoms with Crippen LogP contribution >= 0.6 is 0 Å². The minimum atomic E-state index is -0.238. The number of rotatable bonds is 3. The van der Waals surface area contributed by atoms with Crippen LogP contribution in [0.25, 0.3) is 0 Å². The molecule has 0 spiro atoms. The van der Waals surface area contributed by atoms with Gasteiger partial charge in [0.2, 0.25) is 0 Å². The average molecular weight is 227 g/mol. The zero-order valence-electron chi connectivity index (χ0n) is 8.70. The van der Waals surface area contributed by atoms with Crippen LogP contribution in [-0.2, 0) is 31.2 Å². The Morgan fingerprint density at radius 2 is 1.69 bits per heavy atom. The summed E-state index contributed by atoms with van der Waals surface area (Å²) in [4.78, 5) is 10.1. The Morgan fingerprint density at radius 1 is 1.31 bits per heavy atom. The number of hydrogen-bond acceptors (Lipinski definition) is 4. The van der Waals surface area contributed by atoms with Crippen LogP contribution in [0.3, 0.4) is 0 Å². The topological polar surface area (TPSA) is 66.8 Å². The zero-order chi connectivity index (χ0) is 10.4. The number of carbonyl (C=O) groups is 1. The van der Waals surface area contributed by atoms with Crippen LogP contribution in [0, 0.1) is 6.61 Å². The summed E-state index contributed by atoms with van der Waals surface area (Å²) in [5.41, 5.74) is 0. The van der Waals surface area contributed by atoms with E-state index >= 15 is 0 Å². The van der Waals surface area contributed by atoms with Crippen LogP contribution in [0.1, 0.15) is 26.7 Å². The Morgan fingerprint density at radius 3 is 1.92 bits per heavy atom. The molecule has 0 fully saturated rings. The molecule has 0 aliphatic rings. The fourth-order valence-electron chi connectivity index (χ4n) is 0.294. The summed E-state index contributed by atoms with van der Waals surface area (Å²) in [6, 6.07) is 0. The number of ether oxygens (including phenoxy) is 1. The molecule has 0 aliphatic carbocycles. The minimum absolute atomic E-state index is 0. The van der Waals surface area contributed by atoms with Gasteiger partial charge in [-0.25, -0.2) is 0 Å². The van der Waals surface area contributed by atoms with E-state index in [4.69, 9.17) is 10.2 Å². The maximum atomic E-state index is 10.1. The summed E-state index contributed by atoms with van der Waals surface area (Å²) in [7, 11) is 2.00. The zero-order valence-corrected chi connectivity index (χ0v) is 10.3. The summed E-state index contributed by atoms with van der Waals surface area (Å²) in [5.74, 6) is -0.238. The number of esters is 1. The van der Waals surface area contributed by atoms with Crippen molar-refractivity contribution in [3.05, 3.63) is 6.61 Å². The molecule has 0 radical (unpaired) electrons. The smallest absolute Gasteiger partial charge is 0.271 e. The van der Waals surface area contributed by atoms with Crippen molar-refractivity contribution in [1.29, 1.82) is 0 Å². The number of aliphatic hydroxyl groups excluding tert-OH is 2. The fourth-order valence-corrected chi connectivity index (χ4v) is 0.294. The van der Waals surface area contributed by atoms with Gasteiger partial charge in [-0.3, -0.25) is 4.79 Å². The van der Waals surface area contributed by atoms with Gasteiger partial charge in [0.15, 0.2) is 0 Å². The van der Waals surface area contributed by atoms with Crippen molar-refractivity contribution >= 4 is 5.97 Å². The Balaban J connectivity index is -0.0000000712. The van der Waals surface area contributed by atoms with E-state index in [1.54, 1.807) is 0 Å². The normalized spacial score (nSPS) is 6.31. The largest absolute Gasteiger partial charge is 0.637 e. The minimum Gasteiger partial charge on any atom is -0.637 e. The van der Waals surface area contributed by atoms with Crippen LogP contribution < -0.4 is 0 Å². The molecule has 0 aromatic heterocycles. The maximum Gasteiger partial charge on any atom is 0.271 e. The fraction of sp³-hybridized carbons (Fsp3) is 0.750. The van der Waals surface area contributed by atoms with Gasteiger partial charge >= 0.3 is 0 Å². The summed E-state index contributed by atoms with van der Waals surface area (Å²) in [6.45, 7) is 4.95. The van der Waals surface area contributed by atoms with Gasteiger partial charge < -0.3 is 14.9 Å². The molecule has 0 heterocycles. The van der Waals surface area contributed by atoms with Gasteiger partial charge in [0.1, 0.15) is 0 Å². The summed E-state index contributed by atoms with van der Waals surface area (Å²) < 4.78 is 4.52. The van der Waals surface area contributed by atoms with Gasteiger partial charge in [0.25, 0.3) is 5.97 Å². The molecule has 2 N–H and O–H groups in total. The molecule has 0 atom stereocenters. The molecule has 5 heteroatoms. The number of unbranched alkanes of at least 4 members (excludes halogenated alkanes) is 1. The molecule has 0 saturated carbocycles. The van der Waals surface area contributed by atoms with E-state index < -0.39 is 0 Å². The van der Waals surface area contributed by atoms with Crippen molar-refractivity contribution in [1.82, 2.24) is 0 Å². The van der Waals surface area contributed by atoms with E-state index in [1.165, 1.54) is 13.5 Å². The number of hydrogen-bond donors (Lipinski definition) is 2. The first-order valence-corrected chi connectivity index (χ1v) is 3.65. The first-order chi connectivity index (χ1) is 5.77. The predicted octanol–water partition coefficient (Wildman–Crippen LogP) is 0.726. The van der Waals surface area contributed by atoms with E-state index in [0.29, 0.717) is 0 Å². The molecule has 80 valence electrons. The Labute approximate surface area is 95.2 Å². The van der Waals surface area contributed by atoms with Crippen molar-refractivity contribution in [3.8, 4) is 0 Å². The Bertz CT molecular complexity index is 78.5. The summed E-state index contributed by atoms with van der Waals surface area (Å²) in [5, 5.41) is 14.0. The Hall–Kier alpha value is 0.104. The molecule has 0 amide bonds. The summed E-state index contributed by atoms with van der Waals surface area (Å²) in [6.07, 6.45) is 1.87. The van der Waals surface area contributed by atoms with Gasteiger partial charge in [-0.2, -0.15) is 6.61 Å². The molecule has 13 heavy (non-hydrogen) atoms. The van der Waals surface area contributed by atoms with Gasteiger partial charge in [0.05, 0.1) is 0 Å². The third-order valence-corrected chi connectivity index (χ3v) is 0.656. The average Bonchev–Trinajstić information content (AvgIpc) is 2.12. The van der Waals surface area contributed by atoms with Crippen molar-refractivity contribution in [2.45, 2.75) is 26.7 Å². The van der Waals surface area contributed by atoms with E-state index in [9.17, 15) is 4.79 Å². The van der Waals surface area contributed by atoms with Crippen LogP contribution in [0.4, 0.5) is 0 Å². The molecule has 0 aromatic rings. The van der Waals surface area contributed by atoms with Crippen LogP contribution in [-0.4, -0.2) is 30.4 Å². The molecule has 0 saturated heterocycles. The van der Waals surface area contributed by atoms with Gasteiger partial charge in [-0.1, -0.05) is 13.3 Å². The van der Waals surface area contributed by atoms with Crippen molar-refractivity contribution in [2.75, 3.05) is 14.2 Å². The second kappa shape index (κ2) is 29.6. The molecule has 0 unspecified atom stereocenters. The SMILES string of the molecule is CCC[CH-]OC(C)=O.CO.CO.[Ti]. The van der Waals surface area contributed by atoms with E-state index in [-0.39, 0.29) is 27.7 Å². The van der Waals surface area contributed by atoms with E-state index in [0.717, 1.165) is 27.1 Å². The molecule has 4 nitrogen and oxygen atoms in total. The second-order valence-electron chi connectivity index (χ2n) is 1.56. The first kappa shape index (κ1) is 23.2. The van der Waals surface area contributed by atoms with Crippen LogP contribution in [0.15, 0.2) is 0 Å². The van der Waals surface area contributed by atoms with E-state index in [1.807, 2.05) is 6.92 Å². The van der Waals surface area contributed by atoms with Gasteiger partial charge in [0, 0.05) is 42.9 Å². The molecule has 0 rings (SSSR count). The van der Waals surface area contributed by atoms with Crippen LogP contribution in [0.5, 0.6) is 0 Å². The quantitative estimate of drug-likeness (QED) is 0.323. The van der Waals surface area contributed by atoms with Gasteiger partial charge in [-0.05, 0) is 0 Å². The molecular weight excluding hydrogens is 208 g/mol. The maximum absolute atomic E-state index is 10.1. The third kappa shape index (κ3) is 47.4. The molecular formula is C8H19O4Ti-. The third-order valence-electron chi connectivity index (χ3n) is 0.656. The first-order valence-electron chi connectivity index (χ1n) is 3.65. The monoisotopic (exact) mass is 227 g/mol. The van der Waals surface area contributed by atoms with Crippen molar-refractivity contribution in [2.24, 2.45) is 0 Å². The van der Waals surface area contributed by atoms with Crippen LogP contribution in [0.2, 0.25) is 0 Å². The standard InChI is InChI=1S/C6H11O2.2CH4O.Ti/c1-3-4-5-8-6(2)7;2*1-2;/h5H,3-4H2,1-2H3;2*2H,1H3;/q-1;;;. The predicted molar refractivity (Wildman–Crippen MR) is 47.3 cm³/mol. The van der Waals surface area contributed by atoms with E-state index in [2.05, 4.69) is 4.74 Å².